The van der Waals surface area contributed by atoms with E-state index in [0.29, 0.717) is 6.10 Å². The van der Waals surface area contributed by atoms with Crippen molar-refractivity contribution in [1.82, 2.24) is 0 Å². The SMILES string of the molecule is C[CH]C(CC(CC)CCCC)C1CO1. The highest BCUT2D eigenvalue weighted by Crippen LogP contribution is 2.31. The van der Waals surface area contributed by atoms with Crippen molar-refractivity contribution in [2.45, 2.75) is 59.0 Å². The third kappa shape index (κ3) is 4.00. The van der Waals surface area contributed by atoms with Crippen molar-refractivity contribution in [3.63, 3.8) is 0 Å². The maximum absolute atomic E-state index is 5.38. The normalized spacial score (nSPS) is 24.6. The molecule has 1 heteroatoms. The van der Waals surface area contributed by atoms with E-state index in [1.807, 2.05) is 0 Å². The fraction of sp³-hybridized carbons (Fsp3) is 0.923. The molecule has 0 bridgehead atoms. The van der Waals surface area contributed by atoms with Gasteiger partial charge in [-0.3, -0.25) is 0 Å². The van der Waals surface area contributed by atoms with Crippen LogP contribution in [0.15, 0.2) is 0 Å². The number of hydrogen-bond acceptors (Lipinski definition) is 1. The fourth-order valence-electron chi connectivity index (χ4n) is 2.17. The molecule has 0 aromatic carbocycles. The first-order valence-electron chi connectivity index (χ1n) is 6.22. The third-order valence-corrected chi connectivity index (χ3v) is 3.41. The molecule has 0 aromatic rings. The summed E-state index contributed by atoms with van der Waals surface area (Å²) in [5.74, 6) is 1.64. The Balaban J connectivity index is 2.22. The first-order chi connectivity index (χ1) is 6.81. The number of epoxide rings is 1. The summed E-state index contributed by atoms with van der Waals surface area (Å²) in [4.78, 5) is 0. The second-order valence-electron chi connectivity index (χ2n) is 4.52. The van der Waals surface area contributed by atoms with Crippen LogP contribution in [0.1, 0.15) is 52.9 Å². The number of hydrogen-bond donors (Lipinski definition) is 0. The van der Waals surface area contributed by atoms with E-state index in [2.05, 4.69) is 27.2 Å². The maximum Gasteiger partial charge on any atom is 0.0840 e. The molecule has 83 valence electrons. The van der Waals surface area contributed by atoms with Crippen molar-refractivity contribution >= 4 is 0 Å². The van der Waals surface area contributed by atoms with E-state index in [9.17, 15) is 0 Å². The highest BCUT2D eigenvalue weighted by atomic mass is 16.6. The van der Waals surface area contributed by atoms with Gasteiger partial charge >= 0.3 is 0 Å². The van der Waals surface area contributed by atoms with Crippen LogP contribution in [-0.2, 0) is 4.74 Å². The van der Waals surface area contributed by atoms with Gasteiger partial charge in [-0.2, -0.15) is 0 Å². The Morgan fingerprint density at radius 2 is 2.14 bits per heavy atom. The minimum absolute atomic E-state index is 0.565. The summed E-state index contributed by atoms with van der Waals surface area (Å²) < 4.78 is 5.38. The molecule has 1 rings (SSSR count). The van der Waals surface area contributed by atoms with Gasteiger partial charge in [-0.1, -0.05) is 46.5 Å². The van der Waals surface area contributed by atoms with Crippen LogP contribution >= 0.6 is 0 Å². The van der Waals surface area contributed by atoms with Gasteiger partial charge in [0, 0.05) is 0 Å². The summed E-state index contributed by atoms with van der Waals surface area (Å²) in [5.41, 5.74) is 0. The number of rotatable bonds is 8. The molecule has 1 heterocycles. The molecule has 1 saturated heterocycles. The molecule has 0 aromatic heterocycles. The van der Waals surface area contributed by atoms with Gasteiger partial charge in [0.2, 0.25) is 0 Å². The van der Waals surface area contributed by atoms with Crippen molar-refractivity contribution in [2.75, 3.05) is 6.61 Å². The van der Waals surface area contributed by atoms with Gasteiger partial charge in [0.15, 0.2) is 0 Å². The van der Waals surface area contributed by atoms with E-state index < -0.39 is 0 Å². The fourth-order valence-corrected chi connectivity index (χ4v) is 2.17. The molecular formula is C13H25O. The second kappa shape index (κ2) is 6.44. The van der Waals surface area contributed by atoms with Crippen molar-refractivity contribution in [1.29, 1.82) is 0 Å². The average Bonchev–Trinajstić information content (AvgIpc) is 3.02. The Morgan fingerprint density at radius 1 is 1.43 bits per heavy atom. The predicted octanol–water partition coefficient (Wildman–Crippen LogP) is 3.83. The minimum atomic E-state index is 0.565. The van der Waals surface area contributed by atoms with E-state index in [0.717, 1.165) is 18.4 Å². The zero-order valence-corrected chi connectivity index (χ0v) is 9.96. The molecule has 1 aliphatic rings. The molecule has 0 aliphatic carbocycles. The molecule has 1 radical (unpaired) electrons. The summed E-state index contributed by atoms with van der Waals surface area (Å²) in [5, 5.41) is 0. The molecule has 3 atom stereocenters. The van der Waals surface area contributed by atoms with E-state index in [1.54, 1.807) is 0 Å². The molecule has 0 saturated carbocycles. The summed E-state index contributed by atoms with van der Waals surface area (Å²) in [7, 11) is 0. The Morgan fingerprint density at radius 3 is 2.57 bits per heavy atom. The summed E-state index contributed by atoms with van der Waals surface area (Å²) in [6, 6.07) is 0. The standard InChI is InChI=1S/C13H25O/c1-4-7-8-11(5-2)9-12(6-3)13-10-14-13/h6,11-13H,4-5,7-10H2,1-3H3. The average molecular weight is 197 g/mol. The third-order valence-electron chi connectivity index (χ3n) is 3.41. The van der Waals surface area contributed by atoms with E-state index in [1.165, 1.54) is 32.1 Å². The lowest BCUT2D eigenvalue weighted by molar-refractivity contribution is 0.290. The Bertz CT molecular complexity index is 140. The number of ether oxygens (including phenoxy) is 1. The smallest absolute Gasteiger partial charge is 0.0840 e. The van der Waals surface area contributed by atoms with Gasteiger partial charge in [-0.15, -0.1) is 0 Å². The van der Waals surface area contributed by atoms with Gasteiger partial charge in [0.1, 0.15) is 0 Å². The minimum Gasteiger partial charge on any atom is -0.373 e. The number of unbranched alkanes of at least 4 members (excludes halogenated alkanes) is 1. The topological polar surface area (TPSA) is 12.5 Å². The zero-order valence-electron chi connectivity index (χ0n) is 9.96. The first kappa shape index (κ1) is 12.0. The first-order valence-corrected chi connectivity index (χ1v) is 6.22. The van der Waals surface area contributed by atoms with Crippen LogP contribution in [0.3, 0.4) is 0 Å². The Kier molecular flexibility index (Phi) is 5.54. The van der Waals surface area contributed by atoms with Crippen LogP contribution in [0.2, 0.25) is 0 Å². The van der Waals surface area contributed by atoms with E-state index in [4.69, 9.17) is 4.74 Å². The van der Waals surface area contributed by atoms with Crippen LogP contribution in [0, 0.1) is 18.3 Å². The predicted molar refractivity (Wildman–Crippen MR) is 61.1 cm³/mol. The highest BCUT2D eigenvalue weighted by Gasteiger charge is 2.32. The van der Waals surface area contributed by atoms with Gasteiger partial charge in [0.05, 0.1) is 12.7 Å². The molecule has 1 fully saturated rings. The Labute approximate surface area is 89.2 Å². The van der Waals surface area contributed by atoms with Gasteiger partial charge in [-0.25, -0.2) is 0 Å². The van der Waals surface area contributed by atoms with E-state index in [-0.39, 0.29) is 0 Å². The van der Waals surface area contributed by atoms with Gasteiger partial charge < -0.3 is 4.74 Å². The molecule has 0 spiro atoms. The van der Waals surface area contributed by atoms with Crippen molar-refractivity contribution in [3.8, 4) is 0 Å². The van der Waals surface area contributed by atoms with Crippen LogP contribution < -0.4 is 0 Å². The molecule has 0 amide bonds. The van der Waals surface area contributed by atoms with Gasteiger partial charge in [-0.05, 0) is 24.7 Å². The van der Waals surface area contributed by atoms with Crippen molar-refractivity contribution < 1.29 is 4.74 Å². The lowest BCUT2D eigenvalue weighted by Crippen LogP contribution is -2.13. The highest BCUT2D eigenvalue weighted by molar-refractivity contribution is 4.87. The van der Waals surface area contributed by atoms with E-state index >= 15 is 0 Å². The molecule has 1 aliphatic heterocycles. The van der Waals surface area contributed by atoms with Crippen LogP contribution in [-0.4, -0.2) is 12.7 Å². The molecular weight excluding hydrogens is 172 g/mol. The zero-order chi connectivity index (χ0) is 10.4. The van der Waals surface area contributed by atoms with Crippen molar-refractivity contribution in [3.05, 3.63) is 6.42 Å². The van der Waals surface area contributed by atoms with Crippen LogP contribution in [0.5, 0.6) is 0 Å². The summed E-state index contributed by atoms with van der Waals surface area (Å²) in [6.45, 7) is 7.78. The second-order valence-corrected chi connectivity index (χ2v) is 4.52. The molecule has 0 N–H and O–H groups in total. The van der Waals surface area contributed by atoms with Crippen LogP contribution in [0.4, 0.5) is 0 Å². The van der Waals surface area contributed by atoms with Crippen LogP contribution in [0.25, 0.3) is 0 Å². The quantitative estimate of drug-likeness (QED) is 0.539. The van der Waals surface area contributed by atoms with Crippen molar-refractivity contribution in [2.24, 2.45) is 11.8 Å². The molecule has 1 nitrogen and oxygen atoms in total. The maximum atomic E-state index is 5.38. The lowest BCUT2D eigenvalue weighted by atomic mass is 9.86. The molecule has 14 heavy (non-hydrogen) atoms. The Hall–Kier alpha value is -0.0400. The summed E-state index contributed by atoms with van der Waals surface area (Å²) in [6.07, 6.45) is 9.71. The lowest BCUT2D eigenvalue weighted by Gasteiger charge is -2.19. The molecule has 3 unspecified atom stereocenters. The largest absolute Gasteiger partial charge is 0.373 e. The van der Waals surface area contributed by atoms with Gasteiger partial charge in [0.25, 0.3) is 0 Å². The summed E-state index contributed by atoms with van der Waals surface area (Å²) >= 11 is 0. The monoisotopic (exact) mass is 197 g/mol.